The van der Waals surface area contributed by atoms with Crippen LogP contribution in [-0.4, -0.2) is 37.1 Å². The molecule has 0 saturated carbocycles. The summed E-state index contributed by atoms with van der Waals surface area (Å²) >= 11 is 14.2. The number of aromatic nitrogens is 2. The van der Waals surface area contributed by atoms with E-state index in [1.807, 2.05) is 29.2 Å². The van der Waals surface area contributed by atoms with E-state index in [-0.39, 0.29) is 5.92 Å². The number of nitrogens with zero attached hydrogens (tertiary/aromatic N) is 3. The van der Waals surface area contributed by atoms with Crippen LogP contribution >= 0.6 is 35.0 Å². The number of alkyl halides is 1. The van der Waals surface area contributed by atoms with Gasteiger partial charge in [-0.15, -0.1) is 21.9 Å². The van der Waals surface area contributed by atoms with E-state index in [0.29, 0.717) is 11.0 Å². The third kappa shape index (κ3) is 7.26. The molecule has 128 valence electrons. The van der Waals surface area contributed by atoms with Crippen LogP contribution in [0, 0.1) is 16.0 Å². The minimum atomic E-state index is -1.50. The summed E-state index contributed by atoms with van der Waals surface area (Å²) in [6.07, 6.45) is 14.0. The molecule has 1 N–H and O–H groups in total. The first kappa shape index (κ1) is 19.8. The Morgan fingerprint density at radius 2 is 2.35 bits per heavy atom. The van der Waals surface area contributed by atoms with Gasteiger partial charge in [-0.3, -0.25) is 0 Å². The van der Waals surface area contributed by atoms with Gasteiger partial charge in [0.1, 0.15) is 0 Å². The van der Waals surface area contributed by atoms with Gasteiger partial charge in [0.15, 0.2) is 5.06 Å². The van der Waals surface area contributed by atoms with Crippen molar-refractivity contribution in [2.75, 3.05) is 12.2 Å². The number of halogens is 2. The predicted octanol–water partition coefficient (Wildman–Crippen LogP) is 3.51. The average Bonchev–Trinajstić information content (AvgIpc) is 2.97. The minimum Gasteiger partial charge on any atom is -0.345 e. The zero-order valence-electron chi connectivity index (χ0n) is 12.3. The van der Waals surface area contributed by atoms with Crippen LogP contribution < -0.4 is 0 Å². The molecule has 0 saturated heterocycles. The second-order valence-electron chi connectivity index (χ2n) is 4.57. The Hall–Kier alpha value is -1.22. The normalized spacial score (nSPS) is 22.9. The lowest BCUT2D eigenvalue weighted by atomic mass is 9.93. The Morgan fingerprint density at radius 1 is 1.65 bits per heavy atom. The van der Waals surface area contributed by atoms with Crippen LogP contribution in [0.4, 0.5) is 0 Å². The van der Waals surface area contributed by atoms with E-state index in [1.54, 1.807) is 30.4 Å². The molecule has 0 fully saturated rings. The monoisotopic (exact) mass is 381 g/mol. The molecule has 10 heteroatoms. The summed E-state index contributed by atoms with van der Waals surface area (Å²) in [6, 6.07) is 0. The maximum absolute atomic E-state index is 8.36. The first-order valence-corrected chi connectivity index (χ1v) is 8.69. The number of rotatable bonds is 6. The van der Waals surface area contributed by atoms with Gasteiger partial charge in [-0.1, -0.05) is 29.3 Å². The Morgan fingerprint density at radius 3 is 2.91 bits per heavy atom. The number of allylic oxidation sites excluding steroid dienone is 2. The number of aryl methyl sites for hydroxylation is 1. The highest BCUT2D eigenvalue weighted by Crippen LogP contribution is 2.38. The van der Waals surface area contributed by atoms with E-state index >= 15 is 0 Å². The molecule has 2 atom stereocenters. The van der Waals surface area contributed by atoms with Crippen LogP contribution in [0.1, 0.15) is 6.42 Å². The van der Waals surface area contributed by atoms with E-state index in [2.05, 4.69) is 4.98 Å². The van der Waals surface area contributed by atoms with Crippen LogP contribution in [-0.2, 0) is 11.3 Å². The lowest BCUT2D eigenvalue weighted by Crippen LogP contribution is -2.34. The standard InChI is InChI=1S/C13H16Cl2N2OS.HNO3/c1-19-10-18-13(15)8-12(14)3-2-11(13)4-6-17-7-5-16-9-17;2-1(3)4/h2-3,5,7-9,11H,4,6,10H2,1H3;(H,2,3,4). The molecule has 1 aromatic heterocycles. The second-order valence-corrected chi connectivity index (χ2v) is 6.41. The highest BCUT2D eigenvalue weighted by molar-refractivity contribution is 7.98. The van der Waals surface area contributed by atoms with Gasteiger partial charge in [-0.05, 0) is 24.8 Å². The Labute approximate surface area is 148 Å². The Balaban J connectivity index is 0.000000593. The van der Waals surface area contributed by atoms with E-state index in [4.69, 9.17) is 43.3 Å². The molecule has 0 bridgehead atoms. The molecule has 1 aliphatic rings. The third-order valence-electron chi connectivity index (χ3n) is 2.98. The van der Waals surface area contributed by atoms with Gasteiger partial charge < -0.3 is 14.5 Å². The van der Waals surface area contributed by atoms with E-state index < -0.39 is 10.1 Å². The van der Waals surface area contributed by atoms with Gasteiger partial charge in [-0.2, -0.15) is 0 Å². The molecule has 2 unspecified atom stereocenters. The molecule has 1 heterocycles. The van der Waals surface area contributed by atoms with Crippen molar-refractivity contribution in [3.05, 3.63) is 52.1 Å². The Kier molecular flexibility index (Phi) is 8.46. The molecule has 2 rings (SSSR count). The van der Waals surface area contributed by atoms with Gasteiger partial charge in [0.25, 0.3) is 5.09 Å². The maximum Gasteiger partial charge on any atom is 0.291 e. The molecule has 0 amide bonds. The lowest BCUT2D eigenvalue weighted by Gasteiger charge is -2.33. The largest absolute Gasteiger partial charge is 0.345 e. The fraction of sp³-hybridized carbons (Fsp3) is 0.462. The second kappa shape index (κ2) is 9.82. The molecule has 7 nitrogen and oxygen atoms in total. The Bertz CT molecular complexity index is 549. The van der Waals surface area contributed by atoms with Crippen molar-refractivity contribution < 1.29 is 15.0 Å². The van der Waals surface area contributed by atoms with Crippen molar-refractivity contribution >= 4 is 35.0 Å². The summed E-state index contributed by atoms with van der Waals surface area (Å²) in [7, 11) is 0. The number of imidazole rings is 1. The summed E-state index contributed by atoms with van der Waals surface area (Å²) in [5, 5.41) is 13.4. The van der Waals surface area contributed by atoms with Crippen molar-refractivity contribution in [3.63, 3.8) is 0 Å². The number of hydrogen-bond donors (Lipinski definition) is 1. The summed E-state index contributed by atoms with van der Waals surface area (Å²) in [6.45, 7) is 0.845. The molecular formula is C13H17Cl2N3O4S. The van der Waals surface area contributed by atoms with Crippen LogP contribution in [0.5, 0.6) is 0 Å². The van der Waals surface area contributed by atoms with Gasteiger partial charge >= 0.3 is 0 Å². The molecular weight excluding hydrogens is 365 g/mol. The van der Waals surface area contributed by atoms with Crippen LogP contribution in [0.15, 0.2) is 42.0 Å². The first-order chi connectivity index (χ1) is 10.9. The van der Waals surface area contributed by atoms with E-state index in [9.17, 15) is 0 Å². The van der Waals surface area contributed by atoms with Gasteiger partial charge in [0, 0.05) is 29.9 Å². The van der Waals surface area contributed by atoms with E-state index in [0.717, 1.165) is 13.0 Å². The predicted molar refractivity (Wildman–Crippen MR) is 90.2 cm³/mol. The van der Waals surface area contributed by atoms with Gasteiger partial charge in [-0.25, -0.2) is 4.98 Å². The van der Waals surface area contributed by atoms with Crippen LogP contribution in [0.3, 0.4) is 0 Å². The van der Waals surface area contributed by atoms with Crippen LogP contribution in [0.2, 0.25) is 0 Å². The highest BCUT2D eigenvalue weighted by Gasteiger charge is 2.36. The molecule has 0 spiro atoms. The van der Waals surface area contributed by atoms with Crippen molar-refractivity contribution in [3.8, 4) is 0 Å². The van der Waals surface area contributed by atoms with E-state index in [1.165, 1.54) is 0 Å². The molecule has 1 aromatic rings. The average molecular weight is 382 g/mol. The zero-order chi connectivity index (χ0) is 17.3. The van der Waals surface area contributed by atoms with Gasteiger partial charge in [0.2, 0.25) is 0 Å². The fourth-order valence-corrected chi connectivity index (χ4v) is 3.00. The quantitative estimate of drug-likeness (QED) is 0.351. The fourth-order valence-electron chi connectivity index (χ4n) is 1.98. The number of ether oxygens (including phenoxy) is 1. The summed E-state index contributed by atoms with van der Waals surface area (Å²) in [4.78, 5) is 12.4. The zero-order valence-corrected chi connectivity index (χ0v) is 14.7. The topological polar surface area (TPSA) is 90.4 Å². The minimum absolute atomic E-state index is 0.0891. The molecule has 0 radical (unpaired) electrons. The van der Waals surface area contributed by atoms with Crippen LogP contribution in [0.25, 0.3) is 0 Å². The smallest absolute Gasteiger partial charge is 0.291 e. The van der Waals surface area contributed by atoms with Crippen molar-refractivity contribution in [1.82, 2.24) is 9.55 Å². The molecule has 0 aromatic carbocycles. The maximum atomic E-state index is 8.36. The first-order valence-electron chi connectivity index (χ1n) is 6.54. The molecule has 0 aliphatic heterocycles. The number of hydrogen-bond acceptors (Lipinski definition) is 5. The molecule has 1 aliphatic carbocycles. The summed E-state index contributed by atoms with van der Waals surface area (Å²) in [5.41, 5.74) is 0. The summed E-state index contributed by atoms with van der Waals surface area (Å²) in [5.74, 6) is 0.630. The lowest BCUT2D eigenvalue weighted by molar-refractivity contribution is -0.742. The third-order valence-corrected chi connectivity index (χ3v) is 4.07. The highest BCUT2D eigenvalue weighted by atomic mass is 35.5. The van der Waals surface area contributed by atoms with Crippen molar-refractivity contribution in [1.29, 1.82) is 0 Å². The molecule has 23 heavy (non-hydrogen) atoms. The van der Waals surface area contributed by atoms with Gasteiger partial charge in [0.05, 0.1) is 12.3 Å². The van der Waals surface area contributed by atoms with Crippen molar-refractivity contribution in [2.45, 2.75) is 18.0 Å². The number of thioether (sulfide) groups is 1. The summed E-state index contributed by atoms with van der Waals surface area (Å²) < 4.78 is 7.79. The van der Waals surface area contributed by atoms with Crippen molar-refractivity contribution in [2.24, 2.45) is 5.92 Å². The SMILES string of the molecule is CSCOC1(Cl)C=C(Cl)C=CC1CCn1ccnc1.O=[N+]([O-])O.